The summed E-state index contributed by atoms with van der Waals surface area (Å²) in [5.41, 5.74) is 0.702. The minimum Gasteiger partial charge on any atom is -0.490 e. The highest BCUT2D eigenvalue weighted by Crippen LogP contribution is 2.28. The van der Waals surface area contributed by atoms with E-state index in [0.29, 0.717) is 30.3 Å². The normalized spacial score (nSPS) is 10.2. The lowest BCUT2D eigenvalue weighted by Crippen LogP contribution is -2.22. The molecule has 0 radical (unpaired) electrons. The Morgan fingerprint density at radius 1 is 1.00 bits per heavy atom. The molecule has 0 unspecified atom stereocenters. The molecule has 144 valence electrons. The Labute approximate surface area is 157 Å². The van der Waals surface area contributed by atoms with Gasteiger partial charge in [0.05, 0.1) is 25.3 Å². The number of nitrogens with one attached hydrogen (secondary N) is 1. The fourth-order valence-corrected chi connectivity index (χ4v) is 2.32. The minimum absolute atomic E-state index is 0.0283. The molecule has 0 saturated carbocycles. The van der Waals surface area contributed by atoms with Gasteiger partial charge in [0, 0.05) is 0 Å². The van der Waals surface area contributed by atoms with Crippen molar-refractivity contribution in [3.05, 3.63) is 53.8 Å². The Bertz CT molecular complexity index is 794. The molecule has 0 aromatic heterocycles. The van der Waals surface area contributed by atoms with Crippen molar-refractivity contribution in [3.63, 3.8) is 0 Å². The van der Waals surface area contributed by atoms with Gasteiger partial charge in [-0.25, -0.2) is 4.39 Å². The van der Waals surface area contributed by atoms with Gasteiger partial charge in [-0.15, -0.1) is 0 Å². The molecule has 0 bridgehead atoms. The first kappa shape index (κ1) is 20.2. The second kappa shape index (κ2) is 10.2. The van der Waals surface area contributed by atoms with E-state index < -0.39 is 24.3 Å². The summed E-state index contributed by atoms with van der Waals surface area (Å²) >= 11 is 0. The van der Waals surface area contributed by atoms with E-state index in [4.69, 9.17) is 14.2 Å². The van der Waals surface area contributed by atoms with Gasteiger partial charge in [0.25, 0.3) is 5.91 Å². The molecular weight excluding hydrogens is 353 g/mol. The zero-order valence-electron chi connectivity index (χ0n) is 15.3. The van der Waals surface area contributed by atoms with Crippen molar-refractivity contribution in [2.75, 3.05) is 25.1 Å². The Morgan fingerprint density at radius 2 is 1.70 bits per heavy atom. The Balaban J connectivity index is 1.88. The van der Waals surface area contributed by atoms with E-state index in [1.807, 2.05) is 13.8 Å². The molecule has 2 aromatic rings. The quantitative estimate of drug-likeness (QED) is 0.681. The zero-order valence-corrected chi connectivity index (χ0v) is 15.3. The predicted octanol–water partition coefficient (Wildman–Crippen LogP) is 3.35. The molecule has 0 saturated heterocycles. The number of amides is 1. The van der Waals surface area contributed by atoms with Crippen molar-refractivity contribution in [2.45, 2.75) is 20.3 Å². The van der Waals surface area contributed by atoms with Crippen molar-refractivity contribution in [1.29, 1.82) is 0 Å². The van der Waals surface area contributed by atoms with Crippen LogP contribution in [0.5, 0.6) is 11.5 Å². The second-order valence-corrected chi connectivity index (χ2v) is 5.51. The largest absolute Gasteiger partial charge is 0.490 e. The fraction of sp³-hybridized carbons (Fsp3) is 0.300. The summed E-state index contributed by atoms with van der Waals surface area (Å²) in [5.74, 6) is -0.613. The minimum atomic E-state index is -0.616. The number of hydrogen-bond acceptors (Lipinski definition) is 5. The summed E-state index contributed by atoms with van der Waals surface area (Å²) in [6.07, 6.45) is -0.0283. The van der Waals surface area contributed by atoms with Gasteiger partial charge < -0.3 is 19.5 Å². The van der Waals surface area contributed by atoms with Crippen LogP contribution in [0.4, 0.5) is 10.1 Å². The van der Waals surface area contributed by atoms with Gasteiger partial charge in [0.15, 0.2) is 18.1 Å². The lowest BCUT2D eigenvalue weighted by molar-refractivity contribution is -0.146. The van der Waals surface area contributed by atoms with Crippen molar-refractivity contribution in [1.82, 2.24) is 0 Å². The van der Waals surface area contributed by atoms with E-state index in [-0.39, 0.29) is 12.1 Å². The third-order valence-electron chi connectivity index (χ3n) is 3.47. The number of carbonyl (C=O) groups is 2. The number of rotatable bonds is 9. The number of carbonyl (C=O) groups excluding carboxylic acids is 2. The first-order valence-electron chi connectivity index (χ1n) is 8.62. The van der Waals surface area contributed by atoms with Crippen LogP contribution >= 0.6 is 0 Å². The summed E-state index contributed by atoms with van der Waals surface area (Å²) in [5, 5.41) is 2.35. The van der Waals surface area contributed by atoms with Crippen LogP contribution in [-0.2, 0) is 20.7 Å². The van der Waals surface area contributed by atoms with Crippen LogP contribution in [0.2, 0.25) is 0 Å². The zero-order chi connectivity index (χ0) is 19.6. The van der Waals surface area contributed by atoms with Gasteiger partial charge in [-0.3, -0.25) is 9.59 Å². The van der Waals surface area contributed by atoms with E-state index in [1.54, 1.807) is 24.3 Å². The van der Waals surface area contributed by atoms with Gasteiger partial charge in [-0.05, 0) is 43.7 Å². The molecule has 7 heteroatoms. The van der Waals surface area contributed by atoms with Crippen LogP contribution in [0, 0.1) is 5.82 Å². The van der Waals surface area contributed by atoms with E-state index in [2.05, 4.69) is 5.32 Å². The third kappa shape index (κ3) is 6.29. The summed E-state index contributed by atoms with van der Waals surface area (Å²) in [6, 6.07) is 10.9. The number of halogens is 1. The summed E-state index contributed by atoms with van der Waals surface area (Å²) in [4.78, 5) is 23.8. The number of ether oxygens (including phenoxy) is 3. The van der Waals surface area contributed by atoms with Crippen LogP contribution in [0.25, 0.3) is 0 Å². The van der Waals surface area contributed by atoms with Crippen LogP contribution in [0.3, 0.4) is 0 Å². The number of hydrogen-bond donors (Lipinski definition) is 1. The number of para-hydroxylation sites is 1. The molecule has 27 heavy (non-hydrogen) atoms. The van der Waals surface area contributed by atoms with Crippen LogP contribution < -0.4 is 14.8 Å². The SMILES string of the molecule is CCOc1ccc(CC(=O)OCC(=O)Nc2ccccc2F)cc1OCC. The molecule has 6 nitrogen and oxygen atoms in total. The number of benzene rings is 2. The molecule has 0 aliphatic carbocycles. The van der Waals surface area contributed by atoms with E-state index >= 15 is 0 Å². The van der Waals surface area contributed by atoms with Crippen molar-refractivity contribution >= 4 is 17.6 Å². The first-order chi connectivity index (χ1) is 13.0. The lowest BCUT2D eigenvalue weighted by Gasteiger charge is -2.12. The Hall–Kier alpha value is -3.09. The summed E-state index contributed by atoms with van der Waals surface area (Å²) in [6.45, 7) is 4.18. The molecule has 0 heterocycles. The van der Waals surface area contributed by atoms with E-state index in [1.165, 1.54) is 18.2 Å². The molecule has 0 atom stereocenters. The maximum atomic E-state index is 13.5. The van der Waals surface area contributed by atoms with Crippen molar-refractivity contribution in [2.24, 2.45) is 0 Å². The predicted molar refractivity (Wildman–Crippen MR) is 98.5 cm³/mol. The molecular formula is C20H22FNO5. The van der Waals surface area contributed by atoms with Crippen LogP contribution in [0.1, 0.15) is 19.4 Å². The standard InChI is InChI=1S/C20H22FNO5/c1-3-25-17-10-9-14(11-18(17)26-4-2)12-20(24)27-13-19(23)22-16-8-6-5-7-15(16)21/h5-11H,3-4,12-13H2,1-2H3,(H,22,23). The third-order valence-corrected chi connectivity index (χ3v) is 3.47. The molecule has 0 aliphatic rings. The molecule has 0 aliphatic heterocycles. The molecule has 0 spiro atoms. The number of esters is 1. The van der Waals surface area contributed by atoms with Gasteiger partial charge in [0.1, 0.15) is 5.82 Å². The number of anilines is 1. The first-order valence-corrected chi connectivity index (χ1v) is 8.62. The van der Waals surface area contributed by atoms with Crippen LogP contribution in [-0.4, -0.2) is 31.7 Å². The second-order valence-electron chi connectivity index (χ2n) is 5.51. The summed E-state index contributed by atoms with van der Waals surface area (Å²) in [7, 11) is 0. The Kier molecular flexibility index (Phi) is 7.61. The van der Waals surface area contributed by atoms with E-state index in [0.717, 1.165) is 0 Å². The molecule has 1 N–H and O–H groups in total. The highest BCUT2D eigenvalue weighted by Gasteiger charge is 2.13. The van der Waals surface area contributed by atoms with Gasteiger partial charge in [-0.2, -0.15) is 0 Å². The smallest absolute Gasteiger partial charge is 0.310 e. The Morgan fingerprint density at radius 3 is 2.41 bits per heavy atom. The highest BCUT2D eigenvalue weighted by atomic mass is 19.1. The van der Waals surface area contributed by atoms with Gasteiger partial charge in [0.2, 0.25) is 0 Å². The van der Waals surface area contributed by atoms with E-state index in [9.17, 15) is 14.0 Å². The molecule has 1 amide bonds. The molecule has 0 fully saturated rings. The maximum absolute atomic E-state index is 13.5. The van der Waals surface area contributed by atoms with Gasteiger partial charge in [-0.1, -0.05) is 18.2 Å². The lowest BCUT2D eigenvalue weighted by atomic mass is 10.1. The maximum Gasteiger partial charge on any atom is 0.310 e. The monoisotopic (exact) mass is 375 g/mol. The van der Waals surface area contributed by atoms with Gasteiger partial charge >= 0.3 is 5.97 Å². The molecule has 2 aromatic carbocycles. The highest BCUT2D eigenvalue weighted by molar-refractivity contribution is 5.93. The van der Waals surface area contributed by atoms with Crippen LogP contribution in [0.15, 0.2) is 42.5 Å². The summed E-state index contributed by atoms with van der Waals surface area (Å²) < 4.78 is 29.4. The molecule has 2 rings (SSSR count). The average molecular weight is 375 g/mol. The van der Waals surface area contributed by atoms with Crippen molar-refractivity contribution < 1.29 is 28.2 Å². The van der Waals surface area contributed by atoms with Crippen molar-refractivity contribution in [3.8, 4) is 11.5 Å². The topological polar surface area (TPSA) is 73.9 Å². The average Bonchev–Trinajstić information content (AvgIpc) is 2.64. The fourth-order valence-electron chi connectivity index (χ4n) is 2.32.